The van der Waals surface area contributed by atoms with E-state index in [0.29, 0.717) is 92.8 Å². The molecule has 2 bridgehead atoms. The summed E-state index contributed by atoms with van der Waals surface area (Å²) < 4.78 is 61.9. The van der Waals surface area contributed by atoms with Gasteiger partial charge in [-0.2, -0.15) is 9.97 Å². The number of ether oxygens (including phenoxy) is 4. The topological polar surface area (TPSA) is 182 Å². The van der Waals surface area contributed by atoms with Crippen LogP contribution in [0.25, 0.3) is 44.0 Å². The average molecular weight is 1320 g/mol. The molecule has 0 radical (unpaired) electrons. The Balaban J connectivity index is 0.734. The molecule has 6 aromatic rings. The summed E-state index contributed by atoms with van der Waals surface area (Å²) in [5, 5.41) is 3.84. The molecule has 3 amide bonds. The largest absolute Gasteiger partial charge is 0.468 e. The number of imide groups is 1. The first-order valence-electron chi connectivity index (χ1n) is 34.8. The van der Waals surface area contributed by atoms with E-state index in [-0.39, 0.29) is 78.4 Å². The number of amides is 3. The molecule has 1 N–H and O–H groups in total. The zero-order valence-electron chi connectivity index (χ0n) is 57.8. The number of piperazine rings is 1. The molecule has 19 nitrogen and oxygen atoms in total. The van der Waals surface area contributed by atoms with Gasteiger partial charge in [0.05, 0.1) is 34.1 Å². The lowest BCUT2D eigenvalue weighted by molar-refractivity contribution is -0.135. The van der Waals surface area contributed by atoms with E-state index in [1.165, 1.54) is 26.0 Å². The number of nitrogens with zero attached hydrogens (tertiary/aromatic N) is 10. The number of pyridine rings is 1. The van der Waals surface area contributed by atoms with Gasteiger partial charge >= 0.3 is 17.8 Å². The van der Waals surface area contributed by atoms with E-state index in [1.807, 2.05) is 45.6 Å². The minimum absolute atomic E-state index is 0.00983. The van der Waals surface area contributed by atoms with Crippen LogP contribution in [0.1, 0.15) is 158 Å². The van der Waals surface area contributed by atoms with Gasteiger partial charge in [-0.15, -0.1) is 5.54 Å². The van der Waals surface area contributed by atoms with Crippen LogP contribution >= 0.6 is 0 Å². The molecular formula is C73H97F2N11O8Si. The second kappa shape index (κ2) is 27.4. The van der Waals surface area contributed by atoms with Gasteiger partial charge in [-0.25, -0.2) is 18.4 Å². The number of carbonyl (C=O) groups is 3. The fourth-order valence-corrected chi connectivity index (χ4v) is 22.1. The first kappa shape index (κ1) is 67.8. The Kier molecular flexibility index (Phi) is 19.5. The summed E-state index contributed by atoms with van der Waals surface area (Å²) in [7, 11) is -0.830. The maximum atomic E-state index is 18.2. The number of aromatic nitrogens is 5. The van der Waals surface area contributed by atoms with Gasteiger partial charge in [0.2, 0.25) is 11.8 Å². The molecule has 510 valence electrons. The third kappa shape index (κ3) is 13.5. The molecule has 22 heteroatoms. The lowest BCUT2D eigenvalue weighted by Gasteiger charge is -2.47. The molecule has 3 atom stereocenters. The zero-order valence-corrected chi connectivity index (χ0v) is 58.8. The van der Waals surface area contributed by atoms with E-state index < -0.39 is 37.3 Å². The number of nitrogens with one attached hydrogen (secondary N) is 1. The number of imidazole rings is 1. The summed E-state index contributed by atoms with van der Waals surface area (Å²) in [6.07, 6.45) is 10.1. The predicted molar refractivity (Wildman–Crippen MR) is 370 cm³/mol. The molecule has 0 saturated carbocycles. The van der Waals surface area contributed by atoms with Gasteiger partial charge in [0.15, 0.2) is 12.6 Å². The SMILES string of the molecule is COCOc1cc(-c2ncc3c(N4CC5CCC(C4)N5C(=O)OC(C)(C)C)nc(OCCN4CCC5(CC4)CCN(CC4CCN(c6ccc7c(c6)n(C(C)C)c(=O)n7C6CCC(=O)NC6=O)CC4)CC5)nc3c2F)c2c(C#C[Si](C(C)C)(C(C)C)C(C)C)c(F)ccc2c1. The van der Waals surface area contributed by atoms with Crippen LogP contribution in [0.4, 0.5) is 25.1 Å². The van der Waals surface area contributed by atoms with Crippen molar-refractivity contribution >= 4 is 70.2 Å². The molecule has 3 aromatic heterocycles. The lowest BCUT2D eigenvalue weighted by Crippen LogP contribution is -2.57. The van der Waals surface area contributed by atoms with Gasteiger partial charge in [-0.1, -0.05) is 53.5 Å². The first-order valence-corrected chi connectivity index (χ1v) is 37.1. The summed E-state index contributed by atoms with van der Waals surface area (Å²) in [6, 6.07) is 11.6. The molecule has 3 aromatic carbocycles. The van der Waals surface area contributed by atoms with Crippen LogP contribution in [-0.2, 0) is 19.1 Å². The van der Waals surface area contributed by atoms with Crippen molar-refractivity contribution in [1.29, 1.82) is 0 Å². The fourth-order valence-electron chi connectivity index (χ4n) is 16.9. The highest BCUT2D eigenvalue weighted by Gasteiger charge is 2.46. The minimum atomic E-state index is -2.36. The number of piperidine rings is 4. The number of likely N-dealkylation sites (tertiary alicyclic amines) is 2. The average Bonchev–Trinajstić information content (AvgIpc) is 1.74. The Labute approximate surface area is 558 Å². The number of rotatable bonds is 17. The van der Waals surface area contributed by atoms with Crippen molar-refractivity contribution in [3.63, 3.8) is 0 Å². The van der Waals surface area contributed by atoms with Crippen LogP contribution in [0.15, 0.2) is 53.5 Å². The van der Waals surface area contributed by atoms with Gasteiger partial charge in [-0.3, -0.25) is 38.8 Å². The monoisotopic (exact) mass is 1320 g/mol. The smallest absolute Gasteiger partial charge is 0.410 e. The maximum Gasteiger partial charge on any atom is 0.410 e. The summed E-state index contributed by atoms with van der Waals surface area (Å²) in [5.41, 5.74) is 7.07. The second-order valence-electron chi connectivity index (χ2n) is 30.1. The van der Waals surface area contributed by atoms with Crippen molar-refractivity contribution in [1.82, 2.24) is 44.1 Å². The Hall–Kier alpha value is -7.19. The number of hydrogen-bond acceptors (Lipinski definition) is 15. The van der Waals surface area contributed by atoms with Crippen LogP contribution in [0, 0.1) is 34.4 Å². The maximum absolute atomic E-state index is 18.2. The Morgan fingerprint density at radius 1 is 0.789 bits per heavy atom. The zero-order chi connectivity index (χ0) is 67.4. The molecule has 6 aliphatic heterocycles. The molecule has 0 aliphatic carbocycles. The third-order valence-electron chi connectivity index (χ3n) is 21.8. The van der Waals surface area contributed by atoms with Crippen molar-refractivity contribution in [3.8, 4) is 34.5 Å². The first-order chi connectivity index (χ1) is 45.3. The van der Waals surface area contributed by atoms with Gasteiger partial charge in [0.1, 0.15) is 54.9 Å². The van der Waals surface area contributed by atoms with Gasteiger partial charge in [0.25, 0.3) is 0 Å². The number of benzene rings is 3. The molecule has 6 fully saturated rings. The molecule has 12 rings (SSSR count). The second-order valence-corrected chi connectivity index (χ2v) is 35.6. The lowest BCUT2D eigenvalue weighted by atomic mass is 9.71. The van der Waals surface area contributed by atoms with Crippen molar-refractivity contribution in [2.45, 2.75) is 187 Å². The van der Waals surface area contributed by atoms with E-state index in [9.17, 15) is 19.2 Å². The standard InChI is InChI=1S/C73H97F2N11O8Si/c1-45(2)84-61-38-51(16-18-59(61)86(70(84)89)60-19-20-62(87)77-68(60)88)82-28-21-49(22-29-82)41-81-32-26-73(27-33-81)24-30-80(31-25-73)34-35-92-69-78-66-57(67(79-69)83-42-52-14-15-53(43-83)85(52)71(90)94-72(9,10)11)40-76-65(64(66)75)56-39-54(93-44-91-12)37-50-13-17-58(74)55(63(50)56)23-36-95(46(3)4,47(5)6)48(7)8/h13,16-18,37-40,45-49,52-53,60H,14-15,19-22,24-35,41-44H2,1-12H3,(H,77,87,88). The van der Waals surface area contributed by atoms with Crippen LogP contribution in [-0.4, -0.2) is 168 Å². The van der Waals surface area contributed by atoms with Gasteiger partial charge < -0.3 is 33.6 Å². The number of fused-ring (bicyclic) bond motifs is 5. The summed E-state index contributed by atoms with van der Waals surface area (Å²) in [6.45, 7) is 31.7. The molecule has 95 heavy (non-hydrogen) atoms. The number of halogens is 2. The van der Waals surface area contributed by atoms with Gasteiger partial charge in [-0.05, 0) is 188 Å². The fraction of sp³-hybridized carbons (Fsp3) is 0.603. The number of carbonyl (C=O) groups excluding carboxylic acids is 3. The van der Waals surface area contributed by atoms with Crippen LogP contribution in [0.3, 0.4) is 0 Å². The highest BCUT2D eigenvalue weighted by molar-refractivity contribution is 6.90. The van der Waals surface area contributed by atoms with Crippen LogP contribution in [0.2, 0.25) is 16.6 Å². The molecule has 6 saturated heterocycles. The number of anilines is 2. The van der Waals surface area contributed by atoms with Crippen molar-refractivity contribution < 1.29 is 42.1 Å². The molecule has 1 spiro atoms. The quantitative estimate of drug-likeness (QED) is 0.0394. The number of methoxy groups -OCH3 is 1. The highest BCUT2D eigenvalue weighted by atomic mass is 28.3. The van der Waals surface area contributed by atoms with Crippen molar-refractivity contribution in [2.24, 2.45) is 11.3 Å². The van der Waals surface area contributed by atoms with E-state index in [2.05, 4.69) is 90.1 Å². The minimum Gasteiger partial charge on any atom is -0.468 e. The number of hydrogen-bond donors (Lipinski definition) is 1. The Bertz CT molecular complexity index is 3960. The molecular weight excluding hydrogens is 1220 g/mol. The van der Waals surface area contributed by atoms with Crippen molar-refractivity contribution in [2.75, 3.05) is 95.8 Å². The van der Waals surface area contributed by atoms with Crippen molar-refractivity contribution in [3.05, 3.63) is 76.3 Å². The Morgan fingerprint density at radius 2 is 1.46 bits per heavy atom. The van der Waals surface area contributed by atoms with E-state index in [1.54, 1.807) is 33.5 Å². The van der Waals surface area contributed by atoms with E-state index in [0.717, 1.165) is 95.5 Å². The summed E-state index contributed by atoms with van der Waals surface area (Å²) in [5.74, 6) is 2.88. The summed E-state index contributed by atoms with van der Waals surface area (Å²) in [4.78, 5) is 78.8. The highest BCUT2D eigenvalue weighted by Crippen LogP contribution is 2.45. The Morgan fingerprint density at radius 3 is 2.09 bits per heavy atom. The normalized spacial score (nSPS) is 20.9. The third-order valence-corrected chi connectivity index (χ3v) is 28.1. The van der Waals surface area contributed by atoms with Gasteiger partial charge in [0, 0.05) is 81.7 Å². The molecule has 3 unspecified atom stereocenters. The molecule has 6 aliphatic rings. The van der Waals surface area contributed by atoms with E-state index in [4.69, 9.17) is 33.9 Å². The van der Waals surface area contributed by atoms with E-state index >= 15 is 8.78 Å². The van der Waals surface area contributed by atoms with Crippen LogP contribution < -0.4 is 30.3 Å². The predicted octanol–water partition coefficient (Wildman–Crippen LogP) is 12.4. The summed E-state index contributed by atoms with van der Waals surface area (Å²) >= 11 is 0. The van der Waals surface area contributed by atoms with Crippen LogP contribution in [0.5, 0.6) is 11.8 Å². The molecule has 9 heterocycles.